The van der Waals surface area contributed by atoms with Crippen molar-refractivity contribution >= 4 is 17.7 Å². The van der Waals surface area contributed by atoms with Gasteiger partial charge in [-0.25, -0.2) is 0 Å². The largest absolute Gasteiger partial charge is 0.496 e. The molecule has 1 atom stereocenters. The van der Waals surface area contributed by atoms with Gasteiger partial charge in [-0.05, 0) is 24.8 Å². The molecule has 1 aromatic carbocycles. The number of benzene rings is 1. The normalized spacial score (nSPS) is 21.1. The van der Waals surface area contributed by atoms with Gasteiger partial charge in [0, 0.05) is 18.2 Å². The molecule has 1 aliphatic heterocycles. The van der Waals surface area contributed by atoms with Crippen LogP contribution in [0.15, 0.2) is 12.1 Å². The lowest BCUT2D eigenvalue weighted by molar-refractivity contribution is -0.128. The third-order valence-electron chi connectivity index (χ3n) is 4.12. The Labute approximate surface area is 134 Å². The molecule has 6 heteroatoms. The third-order valence-corrected chi connectivity index (χ3v) is 5.36. The average Bonchev–Trinajstić information content (AvgIpc) is 3.29. The highest BCUT2D eigenvalue weighted by molar-refractivity contribution is 8.00. The molecule has 2 fully saturated rings. The number of nitrogens with zero attached hydrogens (tertiary/aromatic N) is 1. The van der Waals surface area contributed by atoms with Crippen molar-refractivity contribution in [3.63, 3.8) is 0 Å². The molecule has 1 unspecified atom stereocenters. The van der Waals surface area contributed by atoms with Crippen molar-refractivity contribution in [2.75, 3.05) is 33.6 Å². The third kappa shape index (κ3) is 2.84. The van der Waals surface area contributed by atoms with Gasteiger partial charge < -0.3 is 19.1 Å². The second-order valence-electron chi connectivity index (χ2n) is 5.60. The molecule has 1 aromatic rings. The van der Waals surface area contributed by atoms with Gasteiger partial charge in [0.25, 0.3) is 0 Å². The molecule has 0 radical (unpaired) electrons. The Morgan fingerprint density at radius 3 is 2.32 bits per heavy atom. The topological polar surface area (TPSA) is 48.0 Å². The predicted octanol–water partition coefficient (Wildman–Crippen LogP) is 2.70. The summed E-state index contributed by atoms with van der Waals surface area (Å²) >= 11 is 1.64. The van der Waals surface area contributed by atoms with Gasteiger partial charge in [-0.3, -0.25) is 4.79 Å². The highest BCUT2D eigenvalue weighted by Crippen LogP contribution is 2.47. The zero-order valence-electron chi connectivity index (χ0n) is 13.1. The lowest BCUT2D eigenvalue weighted by Gasteiger charge is -2.26. The van der Waals surface area contributed by atoms with E-state index in [4.69, 9.17) is 14.2 Å². The number of hydrogen-bond acceptors (Lipinski definition) is 5. The lowest BCUT2D eigenvalue weighted by Crippen LogP contribution is -2.30. The minimum Gasteiger partial charge on any atom is -0.496 e. The summed E-state index contributed by atoms with van der Waals surface area (Å²) in [6, 6.07) is 3.75. The Kier molecular flexibility index (Phi) is 4.38. The van der Waals surface area contributed by atoms with Crippen LogP contribution in [0.25, 0.3) is 0 Å². The van der Waals surface area contributed by atoms with Gasteiger partial charge in [-0.1, -0.05) is 0 Å². The highest BCUT2D eigenvalue weighted by atomic mass is 32.2. The number of ether oxygens (including phenoxy) is 3. The second-order valence-corrected chi connectivity index (χ2v) is 6.67. The van der Waals surface area contributed by atoms with Crippen LogP contribution in [0, 0.1) is 5.92 Å². The Morgan fingerprint density at radius 2 is 1.73 bits per heavy atom. The molecule has 2 aliphatic rings. The van der Waals surface area contributed by atoms with Crippen molar-refractivity contribution in [1.29, 1.82) is 0 Å². The number of methoxy groups -OCH3 is 3. The van der Waals surface area contributed by atoms with E-state index in [-0.39, 0.29) is 11.3 Å². The fraction of sp³-hybridized carbons (Fsp3) is 0.562. The van der Waals surface area contributed by atoms with E-state index in [9.17, 15) is 4.79 Å². The van der Waals surface area contributed by atoms with E-state index in [1.807, 2.05) is 17.0 Å². The number of thioether (sulfide) groups is 1. The first-order chi connectivity index (χ1) is 10.7. The van der Waals surface area contributed by atoms with Crippen molar-refractivity contribution in [3.05, 3.63) is 17.7 Å². The molecule has 3 rings (SSSR count). The Hall–Kier alpha value is -1.56. The molecule has 120 valence electrons. The maximum atomic E-state index is 12.2. The number of rotatable bonds is 6. The molecule has 1 aliphatic carbocycles. The monoisotopic (exact) mass is 323 g/mol. The van der Waals surface area contributed by atoms with Gasteiger partial charge in [0.1, 0.15) is 11.1 Å². The predicted molar refractivity (Wildman–Crippen MR) is 85.7 cm³/mol. The Balaban J connectivity index is 1.96. The van der Waals surface area contributed by atoms with Crippen LogP contribution in [0.1, 0.15) is 23.8 Å². The van der Waals surface area contributed by atoms with E-state index in [0.717, 1.165) is 17.9 Å². The minimum absolute atomic E-state index is 0.0112. The minimum atomic E-state index is -0.0112. The fourth-order valence-corrected chi connectivity index (χ4v) is 3.95. The SMILES string of the molecule is COc1cc(OC)c(C2SCC(=O)N2CC2CC2)cc1OC. The summed E-state index contributed by atoms with van der Waals surface area (Å²) in [5.41, 5.74) is 0.969. The molecule has 0 N–H and O–H groups in total. The van der Waals surface area contributed by atoms with Crippen LogP contribution >= 0.6 is 11.8 Å². The van der Waals surface area contributed by atoms with Crippen LogP contribution in [0.2, 0.25) is 0 Å². The lowest BCUT2D eigenvalue weighted by atomic mass is 10.1. The molecule has 5 nitrogen and oxygen atoms in total. The van der Waals surface area contributed by atoms with Crippen molar-refractivity contribution in [2.24, 2.45) is 5.92 Å². The fourth-order valence-electron chi connectivity index (χ4n) is 2.73. The number of carbonyl (C=O) groups is 1. The molecule has 1 saturated carbocycles. The van der Waals surface area contributed by atoms with Gasteiger partial charge in [-0.2, -0.15) is 0 Å². The van der Waals surface area contributed by atoms with Crippen molar-refractivity contribution < 1.29 is 19.0 Å². The van der Waals surface area contributed by atoms with Gasteiger partial charge in [0.15, 0.2) is 11.5 Å². The van der Waals surface area contributed by atoms with E-state index in [1.54, 1.807) is 33.1 Å². The van der Waals surface area contributed by atoms with Crippen molar-refractivity contribution in [3.8, 4) is 17.2 Å². The standard InChI is InChI=1S/C16H21NO4S/c1-19-12-7-14(21-3)13(20-2)6-11(12)16-17(8-10-4-5-10)15(18)9-22-16/h6-7,10,16H,4-5,8-9H2,1-3H3. The number of hydrogen-bond donors (Lipinski definition) is 0. The first kappa shape index (κ1) is 15.3. The first-order valence-electron chi connectivity index (χ1n) is 7.39. The van der Waals surface area contributed by atoms with E-state index < -0.39 is 0 Å². The quantitative estimate of drug-likeness (QED) is 0.805. The summed E-state index contributed by atoms with van der Waals surface area (Å²) in [5.74, 6) is 3.41. The number of amides is 1. The summed E-state index contributed by atoms with van der Waals surface area (Å²) in [7, 11) is 4.85. The van der Waals surface area contributed by atoms with Crippen LogP contribution in [0.3, 0.4) is 0 Å². The highest BCUT2D eigenvalue weighted by Gasteiger charge is 2.38. The van der Waals surface area contributed by atoms with Crippen LogP contribution < -0.4 is 14.2 Å². The molecule has 22 heavy (non-hydrogen) atoms. The van der Waals surface area contributed by atoms with E-state index in [2.05, 4.69) is 0 Å². The summed E-state index contributed by atoms with van der Waals surface area (Å²) in [6.07, 6.45) is 2.45. The molecule has 1 amide bonds. The molecular weight excluding hydrogens is 302 g/mol. The second kappa shape index (κ2) is 6.28. The smallest absolute Gasteiger partial charge is 0.233 e. The zero-order valence-corrected chi connectivity index (χ0v) is 13.9. The number of carbonyl (C=O) groups excluding carboxylic acids is 1. The Morgan fingerprint density at radius 1 is 1.09 bits per heavy atom. The van der Waals surface area contributed by atoms with E-state index >= 15 is 0 Å². The van der Waals surface area contributed by atoms with Crippen molar-refractivity contribution in [1.82, 2.24) is 4.90 Å². The van der Waals surface area contributed by atoms with Gasteiger partial charge >= 0.3 is 0 Å². The molecular formula is C16H21NO4S. The summed E-state index contributed by atoms with van der Waals surface area (Å²) < 4.78 is 16.2. The Bertz CT molecular complexity index is 574. The van der Waals surface area contributed by atoms with E-state index in [0.29, 0.717) is 23.2 Å². The van der Waals surface area contributed by atoms with Gasteiger partial charge in [-0.15, -0.1) is 11.8 Å². The average molecular weight is 323 g/mol. The summed E-state index contributed by atoms with van der Waals surface area (Å²) in [4.78, 5) is 14.2. The van der Waals surface area contributed by atoms with Crippen LogP contribution in [0.5, 0.6) is 17.2 Å². The molecule has 0 spiro atoms. The van der Waals surface area contributed by atoms with Crippen LogP contribution in [-0.4, -0.2) is 44.4 Å². The molecule has 0 aromatic heterocycles. The molecule has 1 saturated heterocycles. The summed E-state index contributed by atoms with van der Waals surface area (Å²) in [6.45, 7) is 0.841. The zero-order chi connectivity index (χ0) is 15.7. The van der Waals surface area contributed by atoms with Crippen LogP contribution in [0.4, 0.5) is 0 Å². The molecule has 1 heterocycles. The van der Waals surface area contributed by atoms with E-state index in [1.165, 1.54) is 12.8 Å². The molecule has 0 bridgehead atoms. The maximum Gasteiger partial charge on any atom is 0.233 e. The van der Waals surface area contributed by atoms with Crippen molar-refractivity contribution in [2.45, 2.75) is 18.2 Å². The van der Waals surface area contributed by atoms with Gasteiger partial charge in [0.05, 0.1) is 27.1 Å². The first-order valence-corrected chi connectivity index (χ1v) is 8.43. The van der Waals surface area contributed by atoms with Gasteiger partial charge in [0.2, 0.25) is 5.91 Å². The summed E-state index contributed by atoms with van der Waals surface area (Å²) in [5, 5.41) is -0.0112. The van der Waals surface area contributed by atoms with Crippen LogP contribution in [-0.2, 0) is 4.79 Å². The maximum absolute atomic E-state index is 12.2.